The van der Waals surface area contributed by atoms with Crippen molar-refractivity contribution in [1.82, 2.24) is 0 Å². The first kappa shape index (κ1) is 9.23. The molecule has 3 nitrogen and oxygen atoms in total. The molecule has 0 bridgehead atoms. The number of rotatable bonds is 0. The van der Waals surface area contributed by atoms with E-state index in [1.54, 1.807) is 0 Å². The van der Waals surface area contributed by atoms with Gasteiger partial charge in [-0.05, 0) is 0 Å². The maximum Gasteiger partial charge on any atom is 0.480 e. The van der Waals surface area contributed by atoms with Crippen LogP contribution in [0.2, 0.25) is 0 Å². The summed E-state index contributed by atoms with van der Waals surface area (Å²) >= 11 is 0. The molecule has 1 atom stereocenters. The van der Waals surface area contributed by atoms with E-state index in [9.17, 15) is 17.4 Å². The van der Waals surface area contributed by atoms with Crippen LogP contribution in [0.3, 0.4) is 0 Å². The topological polar surface area (TPSA) is 53.2 Å². The molecule has 0 saturated carbocycles. The molecule has 0 aliphatic rings. The third-order valence-electron chi connectivity index (χ3n) is 0.644. The van der Waals surface area contributed by atoms with Crippen molar-refractivity contribution in [2.75, 3.05) is 6.26 Å². The fourth-order valence-corrected chi connectivity index (χ4v) is 0.389. The van der Waals surface area contributed by atoms with Crippen LogP contribution < -0.4 is 0 Å². The zero-order chi connectivity index (χ0) is 8.41. The highest BCUT2D eigenvalue weighted by molar-refractivity contribution is 7.93. The van der Waals surface area contributed by atoms with Gasteiger partial charge in [0.1, 0.15) is 0 Å². The molecule has 0 radical (unpaired) electrons. The molecular weight excluding hydrogens is 169 g/mol. The fourth-order valence-electron chi connectivity index (χ4n) is 0.130. The Bertz CT molecular complexity index is 266. The lowest BCUT2D eigenvalue weighted by molar-refractivity contribution is -0.0396. The number of hydrogen-bond donors (Lipinski definition) is 0. The van der Waals surface area contributed by atoms with Crippen molar-refractivity contribution >= 4 is 9.73 Å². The minimum Gasteiger partial charge on any atom is -0.240 e. The highest BCUT2D eigenvalue weighted by Gasteiger charge is 2.39. The van der Waals surface area contributed by atoms with E-state index < -0.39 is 15.2 Å². The normalized spacial score (nSPS) is 17.1. The predicted octanol–water partition coefficient (Wildman–Crippen LogP) is 1.09. The van der Waals surface area contributed by atoms with E-state index in [0.717, 1.165) is 6.19 Å². The third kappa shape index (κ3) is 1.88. The Balaban J connectivity index is 5.01. The van der Waals surface area contributed by atoms with E-state index in [4.69, 9.17) is 5.26 Å². The number of nitrogens with zero attached hydrogens (tertiary/aromatic N) is 2. The summed E-state index contributed by atoms with van der Waals surface area (Å²) in [5.74, 6) is 0. The van der Waals surface area contributed by atoms with Gasteiger partial charge >= 0.3 is 5.51 Å². The van der Waals surface area contributed by atoms with Crippen LogP contribution in [0.4, 0.5) is 13.2 Å². The molecule has 7 heteroatoms. The number of alkyl halides is 3. The number of halogens is 3. The van der Waals surface area contributed by atoms with Crippen LogP contribution in [-0.4, -0.2) is 16.0 Å². The Hall–Kier alpha value is -0.770. The van der Waals surface area contributed by atoms with Crippen LogP contribution >= 0.6 is 0 Å². The fraction of sp³-hybridized carbons (Fsp3) is 0.667. The summed E-state index contributed by atoms with van der Waals surface area (Å²) in [5, 5.41) is 7.67. The molecule has 0 saturated heterocycles. The Morgan fingerprint density at radius 2 is 2.00 bits per heavy atom. The van der Waals surface area contributed by atoms with Crippen molar-refractivity contribution in [3.8, 4) is 6.19 Å². The molecule has 10 heavy (non-hydrogen) atoms. The smallest absolute Gasteiger partial charge is 0.240 e. The maximum absolute atomic E-state index is 11.5. The lowest BCUT2D eigenvalue weighted by Gasteiger charge is -2.04. The van der Waals surface area contributed by atoms with Crippen molar-refractivity contribution in [2.24, 2.45) is 4.36 Å². The van der Waals surface area contributed by atoms with Crippen LogP contribution in [0, 0.1) is 11.5 Å². The van der Waals surface area contributed by atoms with Crippen LogP contribution in [-0.2, 0) is 9.73 Å². The minimum absolute atomic E-state index is 0.371. The first-order valence-corrected chi connectivity index (χ1v) is 3.90. The minimum atomic E-state index is -4.91. The highest BCUT2D eigenvalue weighted by atomic mass is 32.2. The first-order chi connectivity index (χ1) is 4.31. The van der Waals surface area contributed by atoms with Gasteiger partial charge in [0.25, 0.3) is 0 Å². The van der Waals surface area contributed by atoms with E-state index >= 15 is 0 Å². The van der Waals surface area contributed by atoms with E-state index in [1.807, 2.05) is 0 Å². The molecule has 0 N–H and O–H groups in total. The van der Waals surface area contributed by atoms with Crippen molar-refractivity contribution in [2.45, 2.75) is 5.51 Å². The molecular formula is C3H3F3N2OS. The average molecular weight is 172 g/mol. The standard InChI is InChI=1S/C3H3F3N2OS/c1-10(9,8-2-7)3(4,5)6/h1H3. The van der Waals surface area contributed by atoms with Crippen LogP contribution in [0.1, 0.15) is 0 Å². The zero-order valence-corrected chi connectivity index (χ0v) is 5.66. The van der Waals surface area contributed by atoms with Gasteiger partial charge in [0.15, 0.2) is 9.73 Å². The highest BCUT2D eigenvalue weighted by Crippen LogP contribution is 2.23. The molecule has 0 fully saturated rings. The molecule has 58 valence electrons. The van der Waals surface area contributed by atoms with Gasteiger partial charge in [-0.2, -0.15) is 18.4 Å². The van der Waals surface area contributed by atoms with Crippen LogP contribution in [0.15, 0.2) is 4.36 Å². The second-order valence-electron chi connectivity index (χ2n) is 1.44. The zero-order valence-electron chi connectivity index (χ0n) is 4.84. The summed E-state index contributed by atoms with van der Waals surface area (Å²) < 4.78 is 47.0. The van der Waals surface area contributed by atoms with Gasteiger partial charge in [-0.25, -0.2) is 4.21 Å². The quantitative estimate of drug-likeness (QED) is 0.513. The number of hydrogen-bond acceptors (Lipinski definition) is 3. The molecule has 0 aromatic heterocycles. The van der Waals surface area contributed by atoms with Crippen LogP contribution in [0.5, 0.6) is 0 Å². The molecule has 0 aromatic rings. The van der Waals surface area contributed by atoms with Crippen molar-refractivity contribution in [3.63, 3.8) is 0 Å². The van der Waals surface area contributed by atoms with Gasteiger partial charge in [-0.1, -0.05) is 0 Å². The van der Waals surface area contributed by atoms with Gasteiger partial charge < -0.3 is 0 Å². The summed E-state index contributed by atoms with van der Waals surface area (Å²) in [5.41, 5.74) is -4.91. The second kappa shape index (κ2) is 2.46. The van der Waals surface area contributed by atoms with Crippen molar-refractivity contribution in [1.29, 1.82) is 5.26 Å². The predicted molar refractivity (Wildman–Crippen MR) is 28.2 cm³/mol. The van der Waals surface area contributed by atoms with Gasteiger partial charge in [-0.15, -0.1) is 4.36 Å². The SMILES string of the molecule is CS(=O)(=NC#N)C(F)(F)F. The average Bonchev–Trinajstić information content (AvgIpc) is 1.61. The summed E-state index contributed by atoms with van der Waals surface area (Å²) in [6.07, 6.45) is 1.22. The summed E-state index contributed by atoms with van der Waals surface area (Å²) in [7, 11) is -4.33. The van der Waals surface area contributed by atoms with E-state index in [2.05, 4.69) is 4.36 Å². The lowest BCUT2D eigenvalue weighted by atomic mass is 11.5. The molecule has 1 unspecified atom stereocenters. The van der Waals surface area contributed by atoms with Gasteiger partial charge in [0, 0.05) is 6.26 Å². The van der Waals surface area contributed by atoms with Gasteiger partial charge in [0.05, 0.1) is 0 Å². The maximum atomic E-state index is 11.5. The Labute approximate surface area is 55.6 Å². The van der Waals surface area contributed by atoms with E-state index in [1.165, 1.54) is 0 Å². The molecule has 0 aliphatic heterocycles. The largest absolute Gasteiger partial charge is 0.480 e. The van der Waals surface area contributed by atoms with Crippen LogP contribution in [0.25, 0.3) is 0 Å². The first-order valence-electron chi connectivity index (χ1n) is 1.98. The van der Waals surface area contributed by atoms with Gasteiger partial charge in [0.2, 0.25) is 6.19 Å². The Kier molecular flexibility index (Phi) is 2.27. The second-order valence-corrected chi connectivity index (χ2v) is 3.69. The van der Waals surface area contributed by atoms with Crippen molar-refractivity contribution in [3.05, 3.63) is 0 Å². The molecule has 0 aliphatic carbocycles. The third-order valence-corrected chi connectivity index (χ3v) is 1.93. The summed E-state index contributed by atoms with van der Waals surface area (Å²) in [6, 6.07) is 0. The molecule has 0 spiro atoms. The molecule has 0 rings (SSSR count). The lowest BCUT2D eigenvalue weighted by Crippen LogP contribution is -2.20. The van der Waals surface area contributed by atoms with Crippen molar-refractivity contribution < 1.29 is 17.4 Å². The number of nitriles is 1. The summed E-state index contributed by atoms with van der Waals surface area (Å²) in [6.45, 7) is 0. The Morgan fingerprint density at radius 1 is 1.60 bits per heavy atom. The Morgan fingerprint density at radius 3 is 2.10 bits per heavy atom. The summed E-state index contributed by atoms with van der Waals surface area (Å²) in [4.78, 5) is 0. The van der Waals surface area contributed by atoms with E-state index in [0.29, 0.717) is 6.26 Å². The monoisotopic (exact) mass is 172 g/mol. The van der Waals surface area contributed by atoms with E-state index in [-0.39, 0.29) is 0 Å². The molecule has 0 aromatic carbocycles. The molecule has 0 amide bonds. The molecule has 0 heterocycles. The van der Waals surface area contributed by atoms with Gasteiger partial charge in [-0.3, -0.25) is 0 Å².